The highest BCUT2D eigenvalue weighted by molar-refractivity contribution is 6.36. The molecular formula is C11H8ClNO3. The second-order valence-corrected chi connectivity index (χ2v) is 4.50. The minimum Gasteiger partial charge on any atom is -0.508 e. The highest BCUT2D eigenvalue weighted by Crippen LogP contribution is 2.49. The van der Waals surface area contributed by atoms with Crippen LogP contribution in [0.3, 0.4) is 0 Å². The van der Waals surface area contributed by atoms with Gasteiger partial charge in [-0.2, -0.15) is 0 Å². The standard InChI is InChI=1S/C11H8ClNO3/c12-8-3-5(14)1-2-9(8)13-10(15)6-4-7(6)11(13)16/h1-3,6-7,14H,4H2. The Balaban J connectivity index is 2.04. The third kappa shape index (κ3) is 1.16. The van der Waals surface area contributed by atoms with E-state index in [1.54, 1.807) is 0 Å². The van der Waals surface area contributed by atoms with Crippen molar-refractivity contribution in [2.24, 2.45) is 11.8 Å². The van der Waals surface area contributed by atoms with Gasteiger partial charge in [-0.25, -0.2) is 4.90 Å². The molecule has 0 radical (unpaired) electrons. The normalized spacial score (nSPS) is 27.2. The van der Waals surface area contributed by atoms with E-state index < -0.39 is 0 Å². The first-order chi connectivity index (χ1) is 7.59. The molecule has 1 aliphatic heterocycles. The molecule has 2 fully saturated rings. The number of hydrogen-bond donors (Lipinski definition) is 1. The fourth-order valence-electron chi connectivity index (χ4n) is 2.10. The smallest absolute Gasteiger partial charge is 0.237 e. The zero-order chi connectivity index (χ0) is 11.4. The number of carbonyl (C=O) groups excluding carboxylic acids is 2. The topological polar surface area (TPSA) is 57.6 Å². The molecule has 1 heterocycles. The number of benzene rings is 1. The largest absolute Gasteiger partial charge is 0.508 e. The molecule has 1 N–H and O–H groups in total. The number of anilines is 1. The number of hydrogen-bond acceptors (Lipinski definition) is 3. The van der Waals surface area contributed by atoms with Gasteiger partial charge in [0.25, 0.3) is 0 Å². The lowest BCUT2D eigenvalue weighted by molar-refractivity contribution is -0.123. The molecule has 1 saturated carbocycles. The predicted octanol–water partition coefficient (Wildman–Crippen LogP) is 1.55. The third-order valence-corrected chi connectivity index (χ3v) is 3.34. The van der Waals surface area contributed by atoms with Crippen LogP contribution in [0, 0.1) is 11.8 Å². The summed E-state index contributed by atoms with van der Waals surface area (Å²) >= 11 is 5.90. The summed E-state index contributed by atoms with van der Waals surface area (Å²) in [6.07, 6.45) is 0.671. The van der Waals surface area contributed by atoms with Crippen molar-refractivity contribution >= 4 is 29.1 Å². The summed E-state index contributed by atoms with van der Waals surface area (Å²) in [4.78, 5) is 24.7. The fourth-order valence-corrected chi connectivity index (χ4v) is 2.35. The Kier molecular flexibility index (Phi) is 1.80. The van der Waals surface area contributed by atoms with Gasteiger partial charge in [-0.1, -0.05) is 11.6 Å². The Labute approximate surface area is 96.4 Å². The van der Waals surface area contributed by atoms with Crippen molar-refractivity contribution in [1.82, 2.24) is 0 Å². The van der Waals surface area contributed by atoms with E-state index >= 15 is 0 Å². The van der Waals surface area contributed by atoms with Gasteiger partial charge in [0.2, 0.25) is 11.8 Å². The summed E-state index contributed by atoms with van der Waals surface area (Å²) in [5.41, 5.74) is 0.363. The Bertz CT molecular complexity index is 494. The van der Waals surface area contributed by atoms with Crippen LogP contribution in [0.25, 0.3) is 0 Å². The second-order valence-electron chi connectivity index (χ2n) is 4.10. The average Bonchev–Trinajstić information content (AvgIpc) is 2.96. The highest BCUT2D eigenvalue weighted by Gasteiger charge is 2.59. The summed E-state index contributed by atoms with van der Waals surface area (Å²) in [6.45, 7) is 0. The van der Waals surface area contributed by atoms with Crippen LogP contribution >= 0.6 is 11.6 Å². The molecule has 4 nitrogen and oxygen atoms in total. The molecule has 1 aromatic rings. The van der Waals surface area contributed by atoms with Crippen molar-refractivity contribution in [1.29, 1.82) is 0 Å². The van der Waals surface area contributed by atoms with E-state index in [9.17, 15) is 14.7 Å². The molecule has 1 saturated heterocycles. The Morgan fingerprint density at radius 2 is 1.88 bits per heavy atom. The number of amides is 2. The van der Waals surface area contributed by atoms with Crippen LogP contribution in [0.4, 0.5) is 5.69 Å². The lowest BCUT2D eigenvalue weighted by Gasteiger charge is -2.17. The predicted molar refractivity (Wildman–Crippen MR) is 57.2 cm³/mol. The van der Waals surface area contributed by atoms with Gasteiger partial charge in [0.05, 0.1) is 22.5 Å². The molecule has 2 amide bonds. The van der Waals surface area contributed by atoms with Crippen molar-refractivity contribution < 1.29 is 14.7 Å². The Morgan fingerprint density at radius 1 is 1.25 bits per heavy atom. The molecule has 2 atom stereocenters. The van der Waals surface area contributed by atoms with E-state index in [0.717, 1.165) is 4.90 Å². The number of carbonyl (C=O) groups is 2. The highest BCUT2D eigenvalue weighted by atomic mass is 35.5. The van der Waals surface area contributed by atoms with Crippen LogP contribution in [0.1, 0.15) is 6.42 Å². The van der Waals surface area contributed by atoms with Crippen molar-refractivity contribution in [2.45, 2.75) is 6.42 Å². The number of piperidine rings is 1. The molecule has 82 valence electrons. The number of phenols is 1. The zero-order valence-electron chi connectivity index (χ0n) is 8.18. The monoisotopic (exact) mass is 237 g/mol. The van der Waals surface area contributed by atoms with Crippen molar-refractivity contribution in [3.63, 3.8) is 0 Å². The lowest BCUT2D eigenvalue weighted by atomic mass is 10.2. The van der Waals surface area contributed by atoms with Crippen LogP contribution in [-0.4, -0.2) is 16.9 Å². The number of rotatable bonds is 1. The molecule has 0 spiro atoms. The molecule has 2 unspecified atom stereocenters. The van der Waals surface area contributed by atoms with Crippen LogP contribution in [0.2, 0.25) is 5.02 Å². The molecule has 5 heteroatoms. The number of aromatic hydroxyl groups is 1. The first kappa shape index (κ1) is 9.66. The maximum atomic E-state index is 11.8. The second kappa shape index (κ2) is 2.98. The zero-order valence-corrected chi connectivity index (χ0v) is 8.94. The fraction of sp³-hybridized carbons (Fsp3) is 0.273. The summed E-state index contributed by atoms with van der Waals surface area (Å²) in [5, 5.41) is 9.41. The van der Waals surface area contributed by atoms with Gasteiger partial charge in [0.15, 0.2) is 0 Å². The quantitative estimate of drug-likeness (QED) is 0.754. The van der Waals surface area contributed by atoms with Gasteiger partial charge < -0.3 is 5.11 Å². The van der Waals surface area contributed by atoms with E-state index in [1.165, 1.54) is 18.2 Å². The van der Waals surface area contributed by atoms with Crippen LogP contribution in [-0.2, 0) is 9.59 Å². The maximum Gasteiger partial charge on any atom is 0.237 e. The number of nitrogens with zero attached hydrogens (tertiary/aromatic N) is 1. The van der Waals surface area contributed by atoms with Gasteiger partial charge >= 0.3 is 0 Å². The van der Waals surface area contributed by atoms with E-state index in [-0.39, 0.29) is 34.4 Å². The van der Waals surface area contributed by atoms with Gasteiger partial charge in [-0.15, -0.1) is 0 Å². The molecule has 1 aliphatic carbocycles. The van der Waals surface area contributed by atoms with E-state index in [2.05, 4.69) is 0 Å². The maximum absolute atomic E-state index is 11.8. The van der Waals surface area contributed by atoms with Gasteiger partial charge in [0, 0.05) is 6.07 Å². The van der Waals surface area contributed by atoms with Crippen LogP contribution in [0.5, 0.6) is 5.75 Å². The van der Waals surface area contributed by atoms with Gasteiger partial charge in [-0.05, 0) is 18.6 Å². The summed E-state index contributed by atoms with van der Waals surface area (Å²) < 4.78 is 0. The number of halogens is 1. The van der Waals surface area contributed by atoms with E-state index in [4.69, 9.17) is 11.6 Å². The average molecular weight is 238 g/mol. The first-order valence-electron chi connectivity index (χ1n) is 4.96. The number of phenolic OH excluding ortho intramolecular Hbond substituents is 1. The number of imide groups is 1. The minimum absolute atomic E-state index is 0.0120. The number of fused-ring (bicyclic) bond motifs is 1. The molecular weight excluding hydrogens is 230 g/mol. The molecule has 16 heavy (non-hydrogen) atoms. The Morgan fingerprint density at radius 3 is 2.44 bits per heavy atom. The van der Waals surface area contributed by atoms with Crippen molar-refractivity contribution in [2.75, 3.05) is 4.90 Å². The molecule has 1 aromatic carbocycles. The Hall–Kier alpha value is -1.55. The SMILES string of the molecule is O=C1C2CC2C(=O)N1c1ccc(O)cc1Cl. The summed E-state index contributed by atoms with van der Waals surface area (Å²) in [5.74, 6) is -0.627. The summed E-state index contributed by atoms with van der Waals surface area (Å²) in [6, 6.07) is 4.21. The summed E-state index contributed by atoms with van der Waals surface area (Å²) in [7, 11) is 0. The van der Waals surface area contributed by atoms with E-state index in [0.29, 0.717) is 12.1 Å². The molecule has 2 aliphatic rings. The molecule has 0 aromatic heterocycles. The van der Waals surface area contributed by atoms with Gasteiger partial charge in [0.1, 0.15) is 5.75 Å². The van der Waals surface area contributed by atoms with Gasteiger partial charge in [-0.3, -0.25) is 9.59 Å². The third-order valence-electron chi connectivity index (χ3n) is 3.04. The minimum atomic E-state index is -0.178. The van der Waals surface area contributed by atoms with Crippen LogP contribution in [0.15, 0.2) is 18.2 Å². The van der Waals surface area contributed by atoms with Crippen LogP contribution < -0.4 is 4.90 Å². The molecule has 0 bridgehead atoms. The lowest BCUT2D eigenvalue weighted by Crippen LogP contribution is -2.32. The van der Waals surface area contributed by atoms with Crippen molar-refractivity contribution in [3.05, 3.63) is 23.2 Å². The first-order valence-corrected chi connectivity index (χ1v) is 5.33. The van der Waals surface area contributed by atoms with Crippen molar-refractivity contribution in [3.8, 4) is 5.75 Å². The molecule has 3 rings (SSSR count). The van der Waals surface area contributed by atoms with E-state index in [1.807, 2.05) is 0 Å².